The number of carbonyl (C=O) groups excluding carboxylic acids is 2. The van der Waals surface area contributed by atoms with Crippen LogP contribution >= 0.6 is 15.9 Å². The average molecular weight is 617 g/mol. The molecule has 0 saturated carbocycles. The summed E-state index contributed by atoms with van der Waals surface area (Å²) in [4.78, 5) is 28.6. The Bertz CT molecular complexity index is 1410. The van der Waals surface area contributed by atoms with Crippen LogP contribution in [0.5, 0.6) is 5.75 Å². The highest BCUT2D eigenvalue weighted by Crippen LogP contribution is 2.27. The van der Waals surface area contributed by atoms with Crippen LogP contribution in [-0.4, -0.2) is 50.4 Å². The molecule has 39 heavy (non-hydrogen) atoms. The Morgan fingerprint density at radius 1 is 0.974 bits per heavy atom. The van der Waals surface area contributed by atoms with Gasteiger partial charge in [0, 0.05) is 16.6 Å². The molecule has 10 heteroatoms. The van der Waals surface area contributed by atoms with Gasteiger partial charge in [0.2, 0.25) is 11.8 Å². The number of benzene rings is 3. The molecule has 208 valence electrons. The van der Waals surface area contributed by atoms with Gasteiger partial charge >= 0.3 is 0 Å². The normalized spacial score (nSPS) is 12.4. The second-order valence-electron chi connectivity index (χ2n) is 10.1. The average Bonchev–Trinajstić information content (AvgIpc) is 2.89. The lowest BCUT2D eigenvalue weighted by Gasteiger charge is -2.33. The van der Waals surface area contributed by atoms with Crippen LogP contribution in [0.4, 0.5) is 5.69 Å². The van der Waals surface area contributed by atoms with E-state index < -0.39 is 34.1 Å². The highest BCUT2D eigenvalue weighted by Gasteiger charge is 2.33. The van der Waals surface area contributed by atoms with Crippen molar-refractivity contribution >= 4 is 43.5 Å². The Morgan fingerprint density at radius 3 is 2.26 bits per heavy atom. The van der Waals surface area contributed by atoms with Crippen molar-refractivity contribution in [1.29, 1.82) is 0 Å². The van der Waals surface area contributed by atoms with Crippen LogP contribution in [0.2, 0.25) is 0 Å². The second-order valence-corrected chi connectivity index (χ2v) is 12.9. The molecule has 0 aliphatic carbocycles. The number of carbonyl (C=O) groups is 2. The third kappa shape index (κ3) is 8.06. The lowest BCUT2D eigenvalue weighted by Crippen LogP contribution is -2.54. The number of rotatable bonds is 10. The minimum atomic E-state index is -4.11. The Kier molecular flexibility index (Phi) is 9.79. The zero-order valence-electron chi connectivity index (χ0n) is 22.7. The van der Waals surface area contributed by atoms with Gasteiger partial charge in [-0.1, -0.05) is 52.3 Å². The summed E-state index contributed by atoms with van der Waals surface area (Å²) in [6.45, 7) is 6.76. The highest BCUT2D eigenvalue weighted by atomic mass is 79.9. The van der Waals surface area contributed by atoms with Crippen molar-refractivity contribution in [3.8, 4) is 5.75 Å². The van der Waals surface area contributed by atoms with Crippen molar-refractivity contribution in [2.75, 3.05) is 18.0 Å². The smallest absolute Gasteiger partial charge is 0.264 e. The van der Waals surface area contributed by atoms with E-state index in [1.54, 1.807) is 74.7 Å². The Hall–Kier alpha value is -3.37. The summed E-state index contributed by atoms with van der Waals surface area (Å²) in [6, 6.07) is 21.0. The fraction of sp³-hybridized carbons (Fsp3) is 0.310. The number of ether oxygens (including phenoxy) is 1. The lowest BCUT2D eigenvalue weighted by atomic mass is 10.1. The predicted molar refractivity (Wildman–Crippen MR) is 156 cm³/mol. The molecule has 0 aliphatic heterocycles. The van der Waals surface area contributed by atoms with Gasteiger partial charge in [-0.15, -0.1) is 0 Å². The van der Waals surface area contributed by atoms with Crippen molar-refractivity contribution < 1.29 is 22.7 Å². The number of nitrogens with one attached hydrogen (secondary N) is 1. The predicted octanol–water partition coefficient (Wildman–Crippen LogP) is 4.99. The Balaban J connectivity index is 2.04. The van der Waals surface area contributed by atoms with Crippen LogP contribution in [0.15, 0.2) is 88.2 Å². The summed E-state index contributed by atoms with van der Waals surface area (Å²) in [7, 11) is -2.57. The van der Waals surface area contributed by atoms with E-state index in [-0.39, 0.29) is 17.3 Å². The molecular formula is C29H34BrN3O5S. The zero-order chi connectivity index (χ0) is 28.8. The van der Waals surface area contributed by atoms with Crippen molar-refractivity contribution in [2.24, 2.45) is 0 Å². The first kappa shape index (κ1) is 30.2. The second kappa shape index (κ2) is 12.7. The number of anilines is 1. The van der Waals surface area contributed by atoms with Gasteiger partial charge in [0.25, 0.3) is 10.0 Å². The highest BCUT2D eigenvalue weighted by molar-refractivity contribution is 9.10. The first-order chi connectivity index (χ1) is 18.3. The standard InChI is InChI=1S/C29H34BrN3O5S/c1-21(28(35)31-29(2,3)4)32(19-22-11-9-14-25(17-22)38-5)27(34)20-33(24-13-10-12-23(30)18-24)39(36,37)26-15-7-6-8-16-26/h6-18,21H,19-20H2,1-5H3,(H,31,35)/t21-/m0/s1. The van der Waals surface area contributed by atoms with E-state index in [0.717, 1.165) is 9.87 Å². The maximum atomic E-state index is 14.0. The maximum absolute atomic E-state index is 14.0. The van der Waals surface area contributed by atoms with Crippen molar-refractivity contribution in [1.82, 2.24) is 10.2 Å². The van der Waals surface area contributed by atoms with Crippen LogP contribution in [0.1, 0.15) is 33.3 Å². The summed E-state index contributed by atoms with van der Waals surface area (Å²) in [5.74, 6) is -0.276. The van der Waals surface area contributed by atoms with E-state index in [1.165, 1.54) is 17.0 Å². The van der Waals surface area contributed by atoms with Crippen molar-refractivity contribution in [3.05, 3.63) is 88.9 Å². The van der Waals surface area contributed by atoms with Crippen LogP contribution in [0, 0.1) is 0 Å². The monoisotopic (exact) mass is 615 g/mol. The summed E-state index contributed by atoms with van der Waals surface area (Å²) in [5.41, 5.74) is 0.530. The first-order valence-corrected chi connectivity index (χ1v) is 14.6. The Morgan fingerprint density at radius 2 is 1.64 bits per heavy atom. The van der Waals surface area contributed by atoms with E-state index >= 15 is 0 Å². The molecule has 0 unspecified atom stereocenters. The van der Waals surface area contributed by atoms with Crippen LogP contribution < -0.4 is 14.4 Å². The summed E-state index contributed by atoms with van der Waals surface area (Å²) < 4.78 is 34.6. The number of nitrogens with zero attached hydrogens (tertiary/aromatic N) is 2. The molecule has 3 aromatic carbocycles. The molecule has 0 aliphatic rings. The van der Waals surface area contributed by atoms with Gasteiger partial charge in [-0.2, -0.15) is 0 Å². The van der Waals surface area contributed by atoms with Gasteiger partial charge in [0.1, 0.15) is 18.3 Å². The van der Waals surface area contributed by atoms with E-state index in [2.05, 4.69) is 21.2 Å². The quantitative estimate of drug-likeness (QED) is 0.347. The first-order valence-electron chi connectivity index (χ1n) is 12.4. The molecule has 3 aromatic rings. The topological polar surface area (TPSA) is 96.0 Å². The van der Waals surface area contributed by atoms with Gasteiger partial charge in [-0.05, 0) is 75.7 Å². The van der Waals surface area contributed by atoms with E-state index in [0.29, 0.717) is 15.9 Å². The van der Waals surface area contributed by atoms with Crippen LogP contribution in [0.25, 0.3) is 0 Å². The maximum Gasteiger partial charge on any atom is 0.264 e. The van der Waals surface area contributed by atoms with Crippen molar-refractivity contribution in [3.63, 3.8) is 0 Å². The summed E-state index contributed by atoms with van der Waals surface area (Å²) in [6.07, 6.45) is 0. The molecule has 1 atom stereocenters. The van der Waals surface area contributed by atoms with Gasteiger partial charge in [-0.25, -0.2) is 8.42 Å². The summed E-state index contributed by atoms with van der Waals surface area (Å²) in [5, 5.41) is 2.92. The third-order valence-corrected chi connectivity index (χ3v) is 8.14. The molecule has 3 rings (SSSR count). The molecule has 8 nitrogen and oxygen atoms in total. The van der Waals surface area contributed by atoms with E-state index in [9.17, 15) is 18.0 Å². The zero-order valence-corrected chi connectivity index (χ0v) is 25.1. The molecule has 0 saturated heterocycles. The van der Waals surface area contributed by atoms with Crippen LogP contribution in [-0.2, 0) is 26.2 Å². The fourth-order valence-electron chi connectivity index (χ4n) is 3.90. The molecule has 0 aromatic heterocycles. The van der Waals surface area contributed by atoms with Crippen molar-refractivity contribution in [2.45, 2.75) is 50.7 Å². The Labute approximate surface area is 239 Å². The third-order valence-electron chi connectivity index (χ3n) is 5.86. The minimum Gasteiger partial charge on any atom is -0.497 e. The molecule has 0 spiro atoms. The molecule has 1 N–H and O–H groups in total. The SMILES string of the molecule is COc1cccc(CN(C(=O)CN(c2cccc(Br)c2)S(=O)(=O)c2ccccc2)[C@@H](C)C(=O)NC(C)(C)C)c1. The molecular weight excluding hydrogens is 582 g/mol. The molecule has 0 radical (unpaired) electrons. The molecule has 0 bridgehead atoms. The van der Waals surface area contributed by atoms with Gasteiger partial charge in [-0.3, -0.25) is 13.9 Å². The molecule has 0 fully saturated rings. The minimum absolute atomic E-state index is 0.0515. The van der Waals surface area contributed by atoms with E-state index in [4.69, 9.17) is 4.74 Å². The molecule has 2 amide bonds. The largest absolute Gasteiger partial charge is 0.497 e. The number of halogens is 1. The van der Waals surface area contributed by atoms with Gasteiger partial charge in [0.15, 0.2) is 0 Å². The fourth-order valence-corrected chi connectivity index (χ4v) is 5.72. The van der Waals surface area contributed by atoms with Gasteiger partial charge < -0.3 is 15.0 Å². The number of methoxy groups -OCH3 is 1. The number of sulfonamides is 1. The summed E-state index contributed by atoms with van der Waals surface area (Å²) >= 11 is 3.39. The van der Waals surface area contributed by atoms with E-state index in [1.807, 2.05) is 26.8 Å². The van der Waals surface area contributed by atoms with Crippen LogP contribution in [0.3, 0.4) is 0 Å². The van der Waals surface area contributed by atoms with Gasteiger partial charge in [0.05, 0.1) is 17.7 Å². The number of amides is 2. The lowest BCUT2D eigenvalue weighted by molar-refractivity contribution is -0.140. The number of hydrogen-bond donors (Lipinski definition) is 1. The molecule has 0 heterocycles. The number of hydrogen-bond acceptors (Lipinski definition) is 5.